The lowest BCUT2D eigenvalue weighted by Crippen LogP contribution is -2.55. The largest absolute Gasteiger partial charge is 0.468 e. The number of halogens is 2. The van der Waals surface area contributed by atoms with Gasteiger partial charge in [-0.15, -0.1) is 0 Å². The number of esters is 1. The van der Waals surface area contributed by atoms with Gasteiger partial charge in [-0.1, -0.05) is 35.0 Å². The van der Waals surface area contributed by atoms with Crippen LogP contribution in [0.1, 0.15) is 0 Å². The molecular formula is C18H17Cl2N3O6S2. The highest BCUT2D eigenvalue weighted by atomic mass is 35.5. The molecule has 1 heterocycles. The quantitative estimate of drug-likeness (QED) is 0.361. The number of rotatable bonds is 6. The number of nitro groups is 1. The minimum atomic E-state index is -4.18. The van der Waals surface area contributed by atoms with Crippen molar-refractivity contribution in [3.8, 4) is 0 Å². The van der Waals surface area contributed by atoms with Gasteiger partial charge in [-0.3, -0.25) is 14.9 Å². The number of hydrogen-bond acceptors (Lipinski definition) is 8. The number of piperazine rings is 1. The Balaban J connectivity index is 2.04. The molecule has 9 nitrogen and oxygen atoms in total. The Bertz CT molecular complexity index is 1130. The van der Waals surface area contributed by atoms with E-state index in [1.165, 1.54) is 19.2 Å². The number of non-ortho nitro benzene ring substituents is 1. The molecule has 1 N–H and O–H groups in total. The Hall–Kier alpha value is -1.89. The lowest BCUT2D eigenvalue weighted by Gasteiger charge is -2.31. The van der Waals surface area contributed by atoms with Gasteiger partial charge in [-0.25, -0.2) is 8.42 Å². The molecule has 31 heavy (non-hydrogen) atoms. The van der Waals surface area contributed by atoms with Crippen LogP contribution in [0.2, 0.25) is 10.0 Å². The minimum Gasteiger partial charge on any atom is -0.468 e. The molecule has 1 aliphatic rings. The maximum absolute atomic E-state index is 13.4. The number of carbonyl (C=O) groups is 1. The number of nitrogens with zero attached hydrogens (tertiary/aromatic N) is 2. The van der Waals surface area contributed by atoms with Gasteiger partial charge in [0.05, 0.1) is 17.1 Å². The Morgan fingerprint density at radius 3 is 2.68 bits per heavy atom. The van der Waals surface area contributed by atoms with Crippen LogP contribution >= 0.6 is 35.0 Å². The van der Waals surface area contributed by atoms with E-state index in [1.54, 1.807) is 18.2 Å². The molecule has 0 spiro atoms. The Kier molecular flexibility index (Phi) is 7.45. The number of ether oxygens (including phenoxy) is 1. The van der Waals surface area contributed by atoms with E-state index in [2.05, 4.69) is 5.32 Å². The zero-order valence-electron chi connectivity index (χ0n) is 16.1. The second-order valence-corrected chi connectivity index (χ2v) is 10.3. The molecule has 1 unspecified atom stereocenters. The third-order valence-corrected chi connectivity index (χ3v) is 8.34. The summed E-state index contributed by atoms with van der Waals surface area (Å²) in [6.45, 7) is 0.136. The highest BCUT2D eigenvalue weighted by Gasteiger charge is 2.35. The van der Waals surface area contributed by atoms with Gasteiger partial charge in [0.1, 0.15) is 10.9 Å². The monoisotopic (exact) mass is 505 g/mol. The van der Waals surface area contributed by atoms with Gasteiger partial charge in [0, 0.05) is 46.6 Å². The number of nitrogens with one attached hydrogen (secondary N) is 1. The van der Waals surface area contributed by atoms with Crippen molar-refractivity contribution in [1.29, 1.82) is 0 Å². The van der Waals surface area contributed by atoms with Gasteiger partial charge >= 0.3 is 5.97 Å². The highest BCUT2D eigenvalue weighted by molar-refractivity contribution is 8.00. The Morgan fingerprint density at radius 1 is 1.26 bits per heavy atom. The second-order valence-electron chi connectivity index (χ2n) is 6.46. The third kappa shape index (κ3) is 5.30. The zero-order valence-corrected chi connectivity index (χ0v) is 19.2. The fraction of sp³-hybridized carbons (Fsp3) is 0.278. The van der Waals surface area contributed by atoms with E-state index < -0.39 is 27.0 Å². The number of nitro benzene ring substituents is 1. The van der Waals surface area contributed by atoms with Gasteiger partial charge in [0.15, 0.2) is 0 Å². The summed E-state index contributed by atoms with van der Waals surface area (Å²) >= 11 is 13.3. The van der Waals surface area contributed by atoms with Crippen molar-refractivity contribution >= 4 is 56.6 Å². The molecule has 0 aromatic heterocycles. The molecule has 1 saturated heterocycles. The summed E-state index contributed by atoms with van der Waals surface area (Å²) in [4.78, 5) is 23.0. The minimum absolute atomic E-state index is 0.0839. The Labute approximate surface area is 192 Å². The molecule has 0 saturated carbocycles. The number of methoxy groups -OCH3 is 1. The standard InChI is InChI=1S/C18H17Cl2N3O6S2/c1-29-18(24)14-10-22(7-6-21-14)31(27,28)17-9-12(23(25)26)3-5-15(17)30-16-8-11(19)2-4-13(16)20/h2-5,8-9,14,21H,6-7,10H2,1H3. The van der Waals surface area contributed by atoms with E-state index in [0.717, 1.165) is 22.1 Å². The van der Waals surface area contributed by atoms with Crippen LogP contribution in [0.25, 0.3) is 0 Å². The topological polar surface area (TPSA) is 119 Å². The summed E-state index contributed by atoms with van der Waals surface area (Å²) in [6, 6.07) is 7.47. The van der Waals surface area contributed by atoms with Gasteiger partial charge in [-0.05, 0) is 24.3 Å². The van der Waals surface area contributed by atoms with Crippen molar-refractivity contribution in [3.63, 3.8) is 0 Å². The fourth-order valence-electron chi connectivity index (χ4n) is 2.95. The molecule has 1 aliphatic heterocycles. The molecule has 3 rings (SSSR count). The van der Waals surface area contributed by atoms with Crippen LogP contribution < -0.4 is 5.32 Å². The summed E-state index contributed by atoms with van der Waals surface area (Å²) in [5, 5.41) is 14.9. The van der Waals surface area contributed by atoms with Crippen molar-refractivity contribution in [2.45, 2.75) is 20.7 Å². The van der Waals surface area contributed by atoms with Gasteiger partial charge < -0.3 is 10.1 Å². The van der Waals surface area contributed by atoms with E-state index in [1.807, 2.05) is 0 Å². The number of carbonyl (C=O) groups excluding carboxylic acids is 1. The predicted octanol–water partition coefficient (Wildman–Crippen LogP) is 3.19. The lowest BCUT2D eigenvalue weighted by atomic mass is 10.2. The molecule has 13 heteroatoms. The van der Waals surface area contributed by atoms with Crippen LogP contribution in [-0.2, 0) is 19.6 Å². The van der Waals surface area contributed by atoms with E-state index in [4.69, 9.17) is 27.9 Å². The molecule has 0 amide bonds. The van der Waals surface area contributed by atoms with Gasteiger partial charge in [0.2, 0.25) is 10.0 Å². The van der Waals surface area contributed by atoms with Crippen molar-refractivity contribution in [2.75, 3.05) is 26.7 Å². The summed E-state index contributed by atoms with van der Waals surface area (Å²) in [5.41, 5.74) is -0.375. The van der Waals surface area contributed by atoms with E-state index >= 15 is 0 Å². The van der Waals surface area contributed by atoms with Crippen LogP contribution in [0.4, 0.5) is 5.69 Å². The predicted molar refractivity (Wildman–Crippen MR) is 116 cm³/mol. The molecule has 0 bridgehead atoms. The molecule has 1 fully saturated rings. The normalized spacial score (nSPS) is 17.3. The number of hydrogen-bond donors (Lipinski definition) is 1. The van der Waals surface area contributed by atoms with Crippen LogP contribution in [0.3, 0.4) is 0 Å². The van der Waals surface area contributed by atoms with Gasteiger partial charge in [-0.2, -0.15) is 4.31 Å². The van der Waals surface area contributed by atoms with Crippen LogP contribution in [0, 0.1) is 10.1 Å². The fourth-order valence-corrected chi connectivity index (χ4v) is 6.29. The first kappa shape index (κ1) is 23.8. The number of sulfonamides is 1. The van der Waals surface area contributed by atoms with Crippen molar-refractivity contribution in [3.05, 3.63) is 56.6 Å². The van der Waals surface area contributed by atoms with Crippen LogP contribution in [-0.4, -0.2) is 56.4 Å². The molecule has 2 aromatic rings. The first-order valence-electron chi connectivity index (χ1n) is 8.86. The van der Waals surface area contributed by atoms with Crippen LogP contribution in [0.15, 0.2) is 51.1 Å². The van der Waals surface area contributed by atoms with Gasteiger partial charge in [0.25, 0.3) is 5.69 Å². The maximum atomic E-state index is 13.4. The zero-order chi connectivity index (χ0) is 22.8. The second kappa shape index (κ2) is 9.72. The van der Waals surface area contributed by atoms with Crippen molar-refractivity contribution < 1.29 is 22.9 Å². The molecule has 1 atom stereocenters. The average Bonchev–Trinajstić information content (AvgIpc) is 2.75. The molecule has 166 valence electrons. The lowest BCUT2D eigenvalue weighted by molar-refractivity contribution is -0.385. The van der Waals surface area contributed by atoms with E-state index in [0.29, 0.717) is 14.9 Å². The maximum Gasteiger partial charge on any atom is 0.324 e. The Morgan fingerprint density at radius 2 is 2.00 bits per heavy atom. The van der Waals surface area contributed by atoms with E-state index in [-0.39, 0.29) is 35.1 Å². The van der Waals surface area contributed by atoms with Crippen molar-refractivity contribution in [2.24, 2.45) is 0 Å². The summed E-state index contributed by atoms with van der Waals surface area (Å²) in [7, 11) is -2.97. The third-order valence-electron chi connectivity index (χ3n) is 4.49. The first-order valence-corrected chi connectivity index (χ1v) is 11.9. The SMILES string of the molecule is COC(=O)C1CN(S(=O)(=O)c2cc([N+](=O)[O-])ccc2Sc2cc(Cl)ccc2Cl)CCN1. The highest BCUT2D eigenvalue weighted by Crippen LogP contribution is 2.40. The number of benzene rings is 2. The molecule has 0 radical (unpaired) electrons. The summed E-state index contributed by atoms with van der Waals surface area (Å²) in [6.07, 6.45) is 0. The van der Waals surface area contributed by atoms with E-state index in [9.17, 15) is 23.3 Å². The van der Waals surface area contributed by atoms with Crippen LogP contribution in [0.5, 0.6) is 0 Å². The van der Waals surface area contributed by atoms with Crippen molar-refractivity contribution in [1.82, 2.24) is 9.62 Å². The smallest absolute Gasteiger partial charge is 0.324 e. The molecular weight excluding hydrogens is 489 g/mol. The average molecular weight is 506 g/mol. The summed E-state index contributed by atoms with van der Waals surface area (Å²) < 4.78 is 32.7. The molecule has 0 aliphatic carbocycles. The first-order chi connectivity index (χ1) is 14.6. The summed E-state index contributed by atoms with van der Waals surface area (Å²) in [5.74, 6) is -0.598. The molecule has 2 aromatic carbocycles.